The zero-order valence-corrected chi connectivity index (χ0v) is 13.4. The molecule has 3 nitrogen and oxygen atoms in total. The summed E-state index contributed by atoms with van der Waals surface area (Å²) in [6.45, 7) is 9.89. The van der Waals surface area contributed by atoms with Crippen molar-refractivity contribution in [3.8, 4) is 0 Å². The van der Waals surface area contributed by atoms with Gasteiger partial charge >= 0.3 is 0 Å². The fourth-order valence-corrected chi connectivity index (χ4v) is 2.68. The molecule has 0 spiro atoms. The summed E-state index contributed by atoms with van der Waals surface area (Å²) in [5.74, 6) is 0. The van der Waals surface area contributed by atoms with Crippen LogP contribution < -0.4 is 0 Å². The molecule has 108 valence electrons. The second-order valence-corrected chi connectivity index (χ2v) is 6.16. The fourth-order valence-electron chi connectivity index (χ4n) is 2.37. The van der Waals surface area contributed by atoms with E-state index in [0.717, 1.165) is 11.1 Å². The van der Waals surface area contributed by atoms with Gasteiger partial charge in [-0.3, -0.25) is 4.68 Å². The van der Waals surface area contributed by atoms with Crippen molar-refractivity contribution in [3.63, 3.8) is 0 Å². The van der Waals surface area contributed by atoms with E-state index in [0.29, 0.717) is 10.7 Å². The summed E-state index contributed by atoms with van der Waals surface area (Å²) in [4.78, 5) is 0. The third-order valence-corrected chi connectivity index (χ3v) is 4.05. The van der Waals surface area contributed by atoms with Crippen molar-refractivity contribution in [3.05, 3.63) is 51.8 Å². The Morgan fingerprint density at radius 1 is 1.25 bits per heavy atom. The van der Waals surface area contributed by atoms with Gasteiger partial charge in [0.25, 0.3) is 0 Å². The highest BCUT2D eigenvalue weighted by Gasteiger charge is 2.33. The molecule has 2 rings (SSSR count). The van der Waals surface area contributed by atoms with E-state index in [2.05, 4.69) is 12.0 Å². The van der Waals surface area contributed by atoms with Gasteiger partial charge in [0.15, 0.2) is 0 Å². The molecule has 2 aromatic rings. The standard InChI is InChI=1S/C16H21ClN2O/c1-10(2)19-15(14(17)9-18-19)16(5,20)13-7-6-11(3)12(4)8-13/h6-10,20H,1-5H3. The molecule has 20 heavy (non-hydrogen) atoms. The number of hydrogen-bond donors (Lipinski definition) is 1. The number of hydrogen-bond acceptors (Lipinski definition) is 2. The lowest BCUT2D eigenvalue weighted by molar-refractivity contribution is 0.0900. The van der Waals surface area contributed by atoms with Crippen molar-refractivity contribution < 1.29 is 5.11 Å². The van der Waals surface area contributed by atoms with Gasteiger partial charge < -0.3 is 5.11 Å². The van der Waals surface area contributed by atoms with Gasteiger partial charge in [0.2, 0.25) is 0 Å². The molecule has 0 saturated carbocycles. The first-order valence-electron chi connectivity index (χ1n) is 6.78. The Balaban J connectivity index is 2.59. The van der Waals surface area contributed by atoms with Crippen LogP contribution in [0.2, 0.25) is 5.02 Å². The number of rotatable bonds is 3. The van der Waals surface area contributed by atoms with Crippen LogP contribution in [-0.4, -0.2) is 14.9 Å². The molecule has 1 aromatic heterocycles. The number of aromatic nitrogens is 2. The molecule has 1 unspecified atom stereocenters. The Kier molecular flexibility index (Phi) is 3.94. The third-order valence-electron chi connectivity index (χ3n) is 3.77. The second kappa shape index (κ2) is 5.23. The molecule has 4 heteroatoms. The highest BCUT2D eigenvalue weighted by molar-refractivity contribution is 6.31. The topological polar surface area (TPSA) is 38.1 Å². The summed E-state index contributed by atoms with van der Waals surface area (Å²) in [7, 11) is 0. The van der Waals surface area contributed by atoms with Crippen LogP contribution in [0.5, 0.6) is 0 Å². The van der Waals surface area contributed by atoms with Gasteiger partial charge in [-0.15, -0.1) is 0 Å². The first kappa shape index (κ1) is 15.1. The summed E-state index contributed by atoms with van der Waals surface area (Å²) in [5.41, 5.74) is 2.64. The predicted molar refractivity (Wildman–Crippen MR) is 82.2 cm³/mol. The van der Waals surface area contributed by atoms with Gasteiger partial charge in [0.1, 0.15) is 5.60 Å². The average molecular weight is 293 g/mol. The number of nitrogens with zero attached hydrogens (tertiary/aromatic N) is 2. The summed E-state index contributed by atoms with van der Waals surface area (Å²) in [6.07, 6.45) is 1.59. The van der Waals surface area contributed by atoms with E-state index in [-0.39, 0.29) is 6.04 Å². The Bertz CT molecular complexity index is 629. The van der Waals surface area contributed by atoms with Crippen LogP contribution in [0.1, 0.15) is 49.2 Å². The highest BCUT2D eigenvalue weighted by atomic mass is 35.5. The predicted octanol–water partition coefficient (Wildman–Crippen LogP) is 3.99. The van der Waals surface area contributed by atoms with Gasteiger partial charge in [-0.05, 0) is 51.3 Å². The van der Waals surface area contributed by atoms with Crippen molar-refractivity contribution in [2.45, 2.75) is 46.3 Å². The Morgan fingerprint density at radius 3 is 2.45 bits per heavy atom. The molecule has 1 atom stereocenters. The fraction of sp³-hybridized carbons (Fsp3) is 0.438. The largest absolute Gasteiger partial charge is 0.379 e. The Hall–Kier alpha value is -1.32. The van der Waals surface area contributed by atoms with E-state index in [4.69, 9.17) is 11.6 Å². The molecule has 0 aliphatic rings. The Labute approximate surface area is 125 Å². The number of aryl methyl sites for hydroxylation is 2. The smallest absolute Gasteiger partial charge is 0.130 e. The van der Waals surface area contributed by atoms with E-state index in [1.54, 1.807) is 17.8 Å². The van der Waals surface area contributed by atoms with E-state index in [1.807, 2.05) is 39.0 Å². The highest BCUT2D eigenvalue weighted by Crippen LogP contribution is 2.35. The zero-order valence-electron chi connectivity index (χ0n) is 12.6. The van der Waals surface area contributed by atoms with Crippen molar-refractivity contribution in [1.82, 2.24) is 9.78 Å². The van der Waals surface area contributed by atoms with Crippen LogP contribution >= 0.6 is 11.6 Å². The molecule has 0 aliphatic heterocycles. The molecule has 0 aliphatic carbocycles. The maximum Gasteiger partial charge on any atom is 0.130 e. The summed E-state index contributed by atoms with van der Waals surface area (Å²) in [5, 5.41) is 15.8. The van der Waals surface area contributed by atoms with Crippen LogP contribution in [0.4, 0.5) is 0 Å². The number of aliphatic hydroxyl groups is 1. The summed E-state index contributed by atoms with van der Waals surface area (Å²) in [6, 6.07) is 6.10. The summed E-state index contributed by atoms with van der Waals surface area (Å²) < 4.78 is 1.78. The van der Waals surface area contributed by atoms with Gasteiger partial charge in [0.05, 0.1) is 16.9 Å². The minimum absolute atomic E-state index is 0.135. The maximum atomic E-state index is 11.0. The second-order valence-electron chi connectivity index (χ2n) is 5.75. The average Bonchev–Trinajstić information content (AvgIpc) is 2.75. The van der Waals surface area contributed by atoms with Crippen molar-refractivity contribution in [2.24, 2.45) is 0 Å². The van der Waals surface area contributed by atoms with Crippen molar-refractivity contribution in [1.29, 1.82) is 0 Å². The minimum Gasteiger partial charge on any atom is -0.379 e. The molecular formula is C16H21ClN2O. The first-order chi connectivity index (χ1) is 9.25. The normalized spacial score (nSPS) is 14.6. The lowest BCUT2D eigenvalue weighted by Gasteiger charge is -2.27. The van der Waals surface area contributed by atoms with Crippen molar-refractivity contribution in [2.75, 3.05) is 0 Å². The van der Waals surface area contributed by atoms with Crippen LogP contribution in [0.25, 0.3) is 0 Å². The maximum absolute atomic E-state index is 11.0. The summed E-state index contributed by atoms with van der Waals surface area (Å²) >= 11 is 6.25. The monoisotopic (exact) mass is 292 g/mol. The molecule has 0 radical (unpaired) electrons. The third kappa shape index (κ3) is 2.48. The van der Waals surface area contributed by atoms with E-state index in [1.165, 1.54) is 5.56 Å². The molecule has 0 bridgehead atoms. The van der Waals surface area contributed by atoms with E-state index < -0.39 is 5.60 Å². The van der Waals surface area contributed by atoms with Gasteiger partial charge in [-0.25, -0.2) is 0 Å². The minimum atomic E-state index is -1.17. The molecular weight excluding hydrogens is 272 g/mol. The van der Waals surface area contributed by atoms with Gasteiger partial charge in [-0.2, -0.15) is 5.10 Å². The van der Waals surface area contributed by atoms with Gasteiger partial charge in [0, 0.05) is 6.04 Å². The van der Waals surface area contributed by atoms with Gasteiger partial charge in [-0.1, -0.05) is 29.8 Å². The number of halogens is 1. The van der Waals surface area contributed by atoms with E-state index in [9.17, 15) is 5.11 Å². The van der Waals surface area contributed by atoms with E-state index >= 15 is 0 Å². The molecule has 0 saturated heterocycles. The first-order valence-corrected chi connectivity index (χ1v) is 7.16. The molecule has 1 heterocycles. The molecule has 1 aromatic carbocycles. The number of benzene rings is 1. The molecule has 0 fully saturated rings. The Morgan fingerprint density at radius 2 is 1.90 bits per heavy atom. The van der Waals surface area contributed by atoms with Crippen LogP contribution in [-0.2, 0) is 5.60 Å². The van der Waals surface area contributed by atoms with Crippen LogP contribution in [0.15, 0.2) is 24.4 Å². The SMILES string of the molecule is Cc1ccc(C(C)(O)c2c(Cl)cnn2C(C)C)cc1C. The van der Waals surface area contributed by atoms with Crippen molar-refractivity contribution >= 4 is 11.6 Å². The molecule has 1 N–H and O–H groups in total. The van der Waals surface area contributed by atoms with Crippen LogP contribution in [0, 0.1) is 13.8 Å². The lowest BCUT2D eigenvalue weighted by atomic mass is 9.90. The zero-order chi connectivity index (χ0) is 15.1. The van der Waals surface area contributed by atoms with Crippen LogP contribution in [0.3, 0.4) is 0 Å². The molecule has 0 amide bonds. The quantitative estimate of drug-likeness (QED) is 0.929. The lowest BCUT2D eigenvalue weighted by Crippen LogP contribution is -2.28.